The largest absolute Gasteiger partial charge is 0.396 e. The zero-order chi connectivity index (χ0) is 18.6. The second kappa shape index (κ2) is 8.12. The number of hydrogen-bond donors (Lipinski definition) is 2. The number of amides is 1. The smallest absolute Gasteiger partial charge is 0.263 e. The molecule has 5 nitrogen and oxygen atoms in total. The molecule has 0 spiro atoms. The number of pyridine rings is 1. The maximum Gasteiger partial charge on any atom is 0.263 e. The van der Waals surface area contributed by atoms with Crippen LogP contribution < -0.4 is 10.9 Å². The van der Waals surface area contributed by atoms with Gasteiger partial charge >= 0.3 is 0 Å². The van der Waals surface area contributed by atoms with Crippen molar-refractivity contribution in [3.05, 3.63) is 68.6 Å². The molecule has 0 bridgehead atoms. The van der Waals surface area contributed by atoms with E-state index >= 15 is 0 Å². The molecule has 2 aromatic rings. The van der Waals surface area contributed by atoms with Crippen LogP contribution in [0.4, 0.5) is 0 Å². The Bertz CT molecular complexity index is 807. The molecule has 1 heterocycles. The van der Waals surface area contributed by atoms with Gasteiger partial charge in [0.2, 0.25) is 0 Å². The minimum atomic E-state index is -0.399. The molecule has 1 amide bonds. The first kappa shape index (κ1) is 18.9. The first-order valence-electron chi connectivity index (χ1n) is 8.58. The van der Waals surface area contributed by atoms with Gasteiger partial charge in [-0.05, 0) is 51.3 Å². The highest BCUT2D eigenvalue weighted by Gasteiger charge is 2.21. The van der Waals surface area contributed by atoms with E-state index in [0.29, 0.717) is 18.5 Å². The number of carbonyl (C=O) groups excluding carboxylic acids is 1. The number of aryl methyl sites for hydroxylation is 3. The summed E-state index contributed by atoms with van der Waals surface area (Å²) in [5.41, 5.74) is 3.43. The lowest BCUT2D eigenvalue weighted by Crippen LogP contribution is -2.37. The standard InChI is InChI=1S/C20H26N2O3/c1-5-22-15(4)12-14(3)18(20(22)25)19(24)21-17(10-11-23)16-8-6-13(2)7-9-16/h6-9,12,17,23H,5,10-11H2,1-4H3,(H,21,24)/t17-/m1/s1. The van der Waals surface area contributed by atoms with Crippen molar-refractivity contribution in [2.45, 2.75) is 46.7 Å². The summed E-state index contributed by atoms with van der Waals surface area (Å²) in [6.45, 7) is 7.98. The molecular formula is C20H26N2O3. The Morgan fingerprint density at radius 3 is 2.40 bits per heavy atom. The Morgan fingerprint density at radius 2 is 1.84 bits per heavy atom. The van der Waals surface area contributed by atoms with Gasteiger partial charge in [0, 0.05) is 18.8 Å². The summed E-state index contributed by atoms with van der Waals surface area (Å²) in [6.07, 6.45) is 0.391. The molecule has 2 rings (SSSR count). The third-order valence-corrected chi connectivity index (χ3v) is 4.45. The average Bonchev–Trinajstić information content (AvgIpc) is 2.55. The van der Waals surface area contributed by atoms with Crippen LogP contribution in [-0.4, -0.2) is 22.2 Å². The highest BCUT2D eigenvalue weighted by atomic mass is 16.3. The number of carbonyl (C=O) groups is 1. The monoisotopic (exact) mass is 342 g/mol. The van der Waals surface area contributed by atoms with E-state index in [0.717, 1.165) is 16.8 Å². The molecule has 2 N–H and O–H groups in total. The van der Waals surface area contributed by atoms with E-state index in [2.05, 4.69) is 5.32 Å². The second-order valence-electron chi connectivity index (χ2n) is 6.34. The minimum Gasteiger partial charge on any atom is -0.396 e. The first-order chi connectivity index (χ1) is 11.9. The van der Waals surface area contributed by atoms with E-state index in [9.17, 15) is 14.7 Å². The van der Waals surface area contributed by atoms with Crippen molar-refractivity contribution in [3.63, 3.8) is 0 Å². The van der Waals surface area contributed by atoms with E-state index in [1.54, 1.807) is 11.5 Å². The lowest BCUT2D eigenvalue weighted by atomic mass is 10.0. The molecule has 0 saturated carbocycles. The highest BCUT2D eigenvalue weighted by molar-refractivity contribution is 5.95. The number of rotatable bonds is 6. The zero-order valence-corrected chi connectivity index (χ0v) is 15.3. The summed E-state index contributed by atoms with van der Waals surface area (Å²) in [6, 6.07) is 9.31. The second-order valence-corrected chi connectivity index (χ2v) is 6.34. The van der Waals surface area contributed by atoms with Crippen LogP contribution in [0.2, 0.25) is 0 Å². The Hall–Kier alpha value is -2.40. The van der Waals surface area contributed by atoms with Gasteiger partial charge in [-0.1, -0.05) is 29.8 Å². The lowest BCUT2D eigenvalue weighted by Gasteiger charge is -2.20. The minimum absolute atomic E-state index is 0.0507. The van der Waals surface area contributed by atoms with Gasteiger partial charge in [0.15, 0.2) is 0 Å². The predicted octanol–water partition coefficient (Wildman–Crippen LogP) is 2.65. The van der Waals surface area contributed by atoms with Crippen molar-refractivity contribution in [1.29, 1.82) is 0 Å². The van der Waals surface area contributed by atoms with Gasteiger partial charge in [-0.15, -0.1) is 0 Å². The van der Waals surface area contributed by atoms with Gasteiger partial charge in [0.25, 0.3) is 11.5 Å². The molecule has 0 aliphatic heterocycles. The van der Waals surface area contributed by atoms with Gasteiger partial charge in [-0.3, -0.25) is 9.59 Å². The fraction of sp³-hybridized carbons (Fsp3) is 0.400. The summed E-state index contributed by atoms with van der Waals surface area (Å²) >= 11 is 0. The maximum atomic E-state index is 12.8. The molecule has 1 aromatic carbocycles. The van der Waals surface area contributed by atoms with Gasteiger partial charge < -0.3 is 15.0 Å². The summed E-state index contributed by atoms with van der Waals surface area (Å²) in [5, 5.41) is 12.3. The van der Waals surface area contributed by atoms with Gasteiger partial charge in [0.05, 0.1) is 6.04 Å². The van der Waals surface area contributed by atoms with Crippen LogP contribution in [0.1, 0.15) is 52.1 Å². The Labute approximate surface area is 148 Å². The lowest BCUT2D eigenvalue weighted by molar-refractivity contribution is 0.0927. The Kier molecular flexibility index (Phi) is 6.15. The van der Waals surface area contributed by atoms with Crippen LogP contribution in [0.3, 0.4) is 0 Å². The van der Waals surface area contributed by atoms with Crippen molar-refractivity contribution >= 4 is 5.91 Å². The third-order valence-electron chi connectivity index (χ3n) is 4.45. The van der Waals surface area contributed by atoms with Crippen molar-refractivity contribution in [2.24, 2.45) is 0 Å². The molecule has 0 unspecified atom stereocenters. The van der Waals surface area contributed by atoms with E-state index in [-0.39, 0.29) is 23.8 Å². The Morgan fingerprint density at radius 1 is 1.20 bits per heavy atom. The van der Waals surface area contributed by atoms with Gasteiger partial charge in [-0.2, -0.15) is 0 Å². The third kappa shape index (κ3) is 4.17. The number of aliphatic hydroxyl groups is 1. The molecular weight excluding hydrogens is 316 g/mol. The molecule has 0 aliphatic carbocycles. The summed E-state index contributed by atoms with van der Waals surface area (Å²) in [7, 11) is 0. The maximum absolute atomic E-state index is 12.8. The quantitative estimate of drug-likeness (QED) is 0.848. The number of nitrogens with zero attached hydrogens (tertiary/aromatic N) is 1. The fourth-order valence-electron chi connectivity index (χ4n) is 3.08. The Balaban J connectivity index is 2.36. The number of aliphatic hydroxyl groups excluding tert-OH is 1. The van der Waals surface area contributed by atoms with Crippen molar-refractivity contribution in [1.82, 2.24) is 9.88 Å². The van der Waals surface area contributed by atoms with E-state index < -0.39 is 5.91 Å². The fourth-order valence-corrected chi connectivity index (χ4v) is 3.08. The van der Waals surface area contributed by atoms with Crippen molar-refractivity contribution in [3.8, 4) is 0 Å². The molecule has 25 heavy (non-hydrogen) atoms. The van der Waals surface area contributed by atoms with Crippen LogP contribution in [0.5, 0.6) is 0 Å². The summed E-state index contributed by atoms with van der Waals surface area (Å²) in [4.78, 5) is 25.4. The molecule has 0 saturated heterocycles. The molecule has 1 atom stereocenters. The first-order valence-corrected chi connectivity index (χ1v) is 8.58. The van der Waals surface area contributed by atoms with Gasteiger partial charge in [0.1, 0.15) is 5.56 Å². The van der Waals surface area contributed by atoms with Crippen LogP contribution in [0, 0.1) is 20.8 Å². The topological polar surface area (TPSA) is 71.3 Å². The molecule has 0 fully saturated rings. The van der Waals surface area contributed by atoms with Crippen LogP contribution in [0.25, 0.3) is 0 Å². The van der Waals surface area contributed by atoms with E-state index in [4.69, 9.17) is 0 Å². The SMILES string of the molecule is CCn1c(C)cc(C)c(C(=O)N[C@H](CCO)c2ccc(C)cc2)c1=O. The highest BCUT2D eigenvalue weighted by Crippen LogP contribution is 2.18. The van der Waals surface area contributed by atoms with E-state index in [1.807, 2.05) is 51.1 Å². The van der Waals surface area contributed by atoms with Crippen LogP contribution in [-0.2, 0) is 6.54 Å². The summed E-state index contributed by atoms with van der Waals surface area (Å²) < 4.78 is 1.59. The number of hydrogen-bond acceptors (Lipinski definition) is 3. The molecule has 0 aliphatic rings. The number of nitrogens with one attached hydrogen (secondary N) is 1. The number of benzene rings is 1. The van der Waals surface area contributed by atoms with Crippen molar-refractivity contribution in [2.75, 3.05) is 6.61 Å². The van der Waals surface area contributed by atoms with E-state index in [1.165, 1.54) is 0 Å². The number of aromatic nitrogens is 1. The average molecular weight is 342 g/mol. The van der Waals surface area contributed by atoms with Gasteiger partial charge in [-0.25, -0.2) is 0 Å². The molecule has 5 heteroatoms. The van der Waals surface area contributed by atoms with Crippen molar-refractivity contribution < 1.29 is 9.90 Å². The normalized spacial score (nSPS) is 12.0. The predicted molar refractivity (Wildman–Crippen MR) is 98.9 cm³/mol. The molecule has 134 valence electrons. The summed E-state index contributed by atoms with van der Waals surface area (Å²) in [5.74, 6) is -0.399. The zero-order valence-electron chi connectivity index (χ0n) is 15.3. The van der Waals surface area contributed by atoms with Crippen LogP contribution in [0.15, 0.2) is 35.1 Å². The molecule has 0 radical (unpaired) electrons. The van der Waals surface area contributed by atoms with Crippen LogP contribution >= 0.6 is 0 Å². The molecule has 1 aromatic heterocycles.